The third kappa shape index (κ3) is 2.90. The Kier molecular flexibility index (Phi) is 4.60. The van der Waals surface area contributed by atoms with Crippen LogP contribution in [0.3, 0.4) is 0 Å². The summed E-state index contributed by atoms with van der Waals surface area (Å²) in [5.41, 5.74) is 0.407. The number of halogens is 2. The first-order valence-electron chi connectivity index (χ1n) is 7.21. The van der Waals surface area contributed by atoms with Crippen LogP contribution in [0.15, 0.2) is 51.7 Å². The summed E-state index contributed by atoms with van der Waals surface area (Å²) < 4.78 is 10.3. The van der Waals surface area contributed by atoms with Crippen LogP contribution in [0.2, 0.25) is 10.0 Å². The van der Waals surface area contributed by atoms with Gasteiger partial charge in [-0.05, 0) is 18.6 Å². The van der Waals surface area contributed by atoms with Gasteiger partial charge in [0.25, 0.3) is 0 Å². The lowest BCUT2D eigenvalue weighted by molar-refractivity contribution is 0.0523. The van der Waals surface area contributed by atoms with Crippen molar-refractivity contribution in [2.45, 2.75) is 6.92 Å². The van der Waals surface area contributed by atoms with E-state index >= 15 is 0 Å². The van der Waals surface area contributed by atoms with Crippen molar-refractivity contribution in [3.63, 3.8) is 0 Å². The number of benzene rings is 2. The zero-order chi connectivity index (χ0) is 17.3. The molecule has 3 rings (SSSR count). The van der Waals surface area contributed by atoms with Crippen LogP contribution in [0.5, 0.6) is 0 Å². The molecule has 0 atom stereocenters. The maximum atomic E-state index is 12.4. The lowest BCUT2D eigenvalue weighted by atomic mass is 9.97. The van der Waals surface area contributed by atoms with E-state index in [0.717, 1.165) is 0 Å². The Bertz CT molecular complexity index is 978. The van der Waals surface area contributed by atoms with E-state index in [4.69, 9.17) is 32.4 Å². The molecule has 0 bridgehead atoms. The largest absolute Gasteiger partial charge is 0.462 e. The number of hydrogen-bond acceptors (Lipinski definition) is 4. The highest BCUT2D eigenvalue weighted by Crippen LogP contribution is 2.35. The van der Waals surface area contributed by atoms with Gasteiger partial charge in [0.05, 0.1) is 16.7 Å². The van der Waals surface area contributed by atoms with Crippen LogP contribution < -0.4 is 5.63 Å². The third-order valence-corrected chi connectivity index (χ3v) is 4.21. The maximum absolute atomic E-state index is 12.4. The van der Waals surface area contributed by atoms with E-state index in [-0.39, 0.29) is 22.8 Å². The van der Waals surface area contributed by atoms with Crippen LogP contribution >= 0.6 is 23.2 Å². The Morgan fingerprint density at radius 3 is 2.46 bits per heavy atom. The Labute approximate surface area is 147 Å². The molecule has 0 aliphatic carbocycles. The van der Waals surface area contributed by atoms with Crippen molar-refractivity contribution in [2.24, 2.45) is 0 Å². The SMILES string of the molecule is CCOC(=O)c1c(-c2ccccc2)c2cc(Cl)c(Cl)cc2oc1=O. The molecule has 1 aromatic heterocycles. The quantitative estimate of drug-likeness (QED) is 0.488. The standard InChI is InChI=1S/C18H12Cl2O4/c1-2-23-17(21)16-15(10-6-4-3-5-7-10)11-8-12(19)13(20)9-14(11)24-18(16)22/h3-9H,2H2,1H3. The summed E-state index contributed by atoms with van der Waals surface area (Å²) >= 11 is 12.1. The van der Waals surface area contributed by atoms with Crippen molar-refractivity contribution in [2.75, 3.05) is 6.61 Å². The molecule has 2 aromatic carbocycles. The Hall–Kier alpha value is -2.30. The zero-order valence-corrected chi connectivity index (χ0v) is 14.1. The number of carbonyl (C=O) groups is 1. The van der Waals surface area contributed by atoms with Crippen molar-refractivity contribution in [3.05, 3.63) is 68.5 Å². The van der Waals surface area contributed by atoms with Crippen LogP contribution in [0.25, 0.3) is 22.1 Å². The second-order valence-electron chi connectivity index (χ2n) is 4.99. The third-order valence-electron chi connectivity index (χ3n) is 3.49. The molecule has 0 amide bonds. The first kappa shape index (κ1) is 16.6. The molecule has 24 heavy (non-hydrogen) atoms. The fourth-order valence-electron chi connectivity index (χ4n) is 2.49. The number of esters is 1. The van der Waals surface area contributed by atoms with Crippen LogP contribution in [0.1, 0.15) is 17.3 Å². The smallest absolute Gasteiger partial charge is 0.351 e. The summed E-state index contributed by atoms with van der Waals surface area (Å²) in [6.45, 7) is 1.81. The normalized spacial score (nSPS) is 10.8. The molecule has 0 radical (unpaired) electrons. The van der Waals surface area contributed by atoms with Gasteiger partial charge >= 0.3 is 11.6 Å². The van der Waals surface area contributed by atoms with Crippen molar-refractivity contribution < 1.29 is 13.9 Å². The summed E-state index contributed by atoms with van der Waals surface area (Å²) in [5.74, 6) is -0.738. The summed E-state index contributed by atoms with van der Waals surface area (Å²) in [7, 11) is 0. The van der Waals surface area contributed by atoms with E-state index in [2.05, 4.69) is 0 Å². The van der Waals surface area contributed by atoms with Gasteiger partial charge in [-0.15, -0.1) is 0 Å². The molecule has 0 unspecified atom stereocenters. The van der Waals surface area contributed by atoms with E-state index in [1.807, 2.05) is 18.2 Å². The van der Waals surface area contributed by atoms with E-state index in [0.29, 0.717) is 21.5 Å². The molecule has 0 aliphatic rings. The Balaban J connectivity index is 2.46. The van der Waals surface area contributed by atoms with E-state index in [1.54, 1.807) is 25.1 Å². The molecular weight excluding hydrogens is 351 g/mol. The Morgan fingerprint density at radius 1 is 1.12 bits per heavy atom. The lowest BCUT2D eigenvalue weighted by Gasteiger charge is -2.12. The van der Waals surface area contributed by atoms with Crippen molar-refractivity contribution in [3.8, 4) is 11.1 Å². The van der Waals surface area contributed by atoms with Crippen molar-refractivity contribution >= 4 is 40.1 Å². The first-order chi connectivity index (χ1) is 11.5. The minimum Gasteiger partial charge on any atom is -0.462 e. The second kappa shape index (κ2) is 6.67. The van der Waals surface area contributed by atoms with Gasteiger partial charge in [0.2, 0.25) is 0 Å². The first-order valence-corrected chi connectivity index (χ1v) is 7.97. The predicted octanol–water partition coefficient (Wildman–Crippen LogP) is 4.94. The van der Waals surface area contributed by atoms with Crippen LogP contribution in [0.4, 0.5) is 0 Å². The van der Waals surface area contributed by atoms with Crippen LogP contribution in [0, 0.1) is 0 Å². The number of hydrogen-bond donors (Lipinski definition) is 0. The number of ether oxygens (including phenoxy) is 1. The zero-order valence-electron chi connectivity index (χ0n) is 12.6. The summed E-state index contributed by atoms with van der Waals surface area (Å²) in [5, 5.41) is 1.07. The second-order valence-corrected chi connectivity index (χ2v) is 5.80. The fraction of sp³-hybridized carbons (Fsp3) is 0.111. The molecule has 0 N–H and O–H groups in total. The maximum Gasteiger partial charge on any atom is 0.351 e. The van der Waals surface area contributed by atoms with Gasteiger partial charge in [0.15, 0.2) is 5.56 Å². The van der Waals surface area contributed by atoms with Gasteiger partial charge in [-0.3, -0.25) is 0 Å². The average molecular weight is 363 g/mol. The topological polar surface area (TPSA) is 56.5 Å². The summed E-state index contributed by atoms with van der Waals surface area (Å²) in [6, 6.07) is 12.1. The number of fused-ring (bicyclic) bond motifs is 1. The van der Waals surface area contributed by atoms with Gasteiger partial charge in [-0.2, -0.15) is 0 Å². The minimum absolute atomic E-state index is 0.145. The molecule has 6 heteroatoms. The highest BCUT2D eigenvalue weighted by Gasteiger charge is 2.24. The number of carbonyl (C=O) groups excluding carboxylic acids is 1. The summed E-state index contributed by atoms with van der Waals surface area (Å²) in [6.07, 6.45) is 0. The summed E-state index contributed by atoms with van der Waals surface area (Å²) in [4.78, 5) is 24.7. The molecule has 0 spiro atoms. The van der Waals surface area contributed by atoms with Gasteiger partial charge < -0.3 is 9.15 Å². The minimum atomic E-state index is -0.779. The van der Waals surface area contributed by atoms with Crippen LogP contribution in [-0.2, 0) is 4.74 Å². The molecule has 3 aromatic rings. The molecule has 0 fully saturated rings. The van der Waals surface area contributed by atoms with Crippen LogP contribution in [-0.4, -0.2) is 12.6 Å². The molecule has 122 valence electrons. The number of rotatable bonds is 3. The van der Waals surface area contributed by atoms with Gasteiger partial charge in [-0.1, -0.05) is 53.5 Å². The average Bonchev–Trinajstić information content (AvgIpc) is 2.56. The molecule has 0 saturated heterocycles. The van der Waals surface area contributed by atoms with E-state index in [1.165, 1.54) is 6.07 Å². The monoisotopic (exact) mass is 362 g/mol. The van der Waals surface area contributed by atoms with E-state index < -0.39 is 11.6 Å². The molecular formula is C18H12Cl2O4. The fourth-order valence-corrected chi connectivity index (χ4v) is 2.81. The lowest BCUT2D eigenvalue weighted by Crippen LogP contribution is -2.18. The Morgan fingerprint density at radius 2 is 1.79 bits per heavy atom. The van der Waals surface area contributed by atoms with Gasteiger partial charge in [-0.25, -0.2) is 9.59 Å². The molecule has 0 saturated carbocycles. The van der Waals surface area contributed by atoms with Gasteiger partial charge in [0, 0.05) is 17.0 Å². The predicted molar refractivity (Wildman–Crippen MR) is 93.9 cm³/mol. The van der Waals surface area contributed by atoms with Gasteiger partial charge in [0.1, 0.15) is 5.58 Å². The highest BCUT2D eigenvalue weighted by molar-refractivity contribution is 6.42. The van der Waals surface area contributed by atoms with Crippen molar-refractivity contribution in [1.82, 2.24) is 0 Å². The molecule has 4 nitrogen and oxygen atoms in total. The van der Waals surface area contributed by atoms with E-state index in [9.17, 15) is 9.59 Å². The highest BCUT2D eigenvalue weighted by atomic mass is 35.5. The molecule has 0 aliphatic heterocycles. The van der Waals surface area contributed by atoms with Crippen molar-refractivity contribution in [1.29, 1.82) is 0 Å². The molecule has 1 heterocycles.